The summed E-state index contributed by atoms with van der Waals surface area (Å²) in [7, 11) is 1.97. The fraction of sp³-hybridized carbons (Fsp3) is 0.500. The van der Waals surface area contributed by atoms with Gasteiger partial charge in [-0.25, -0.2) is 0 Å². The van der Waals surface area contributed by atoms with Crippen LogP contribution in [0.2, 0.25) is 5.02 Å². The van der Waals surface area contributed by atoms with Crippen LogP contribution in [-0.2, 0) is 0 Å². The number of ether oxygens (including phenoxy) is 1. The lowest BCUT2D eigenvalue weighted by molar-refractivity contribution is -0.100. The minimum absolute atomic E-state index is 0.148. The molecule has 1 saturated heterocycles. The number of aryl methyl sites for hydroxylation is 1. The maximum absolute atomic E-state index is 6.31. The van der Waals surface area contributed by atoms with Crippen molar-refractivity contribution in [3.05, 3.63) is 28.3 Å². The quantitative estimate of drug-likeness (QED) is 0.743. The molecular weight excluding hydrogens is 280 g/mol. The van der Waals surface area contributed by atoms with E-state index in [9.17, 15) is 0 Å². The van der Waals surface area contributed by atoms with E-state index < -0.39 is 5.72 Å². The molecule has 0 aromatic heterocycles. The van der Waals surface area contributed by atoms with Gasteiger partial charge >= 0.3 is 0 Å². The van der Waals surface area contributed by atoms with Crippen molar-refractivity contribution in [1.29, 1.82) is 0 Å². The largest absolute Gasteiger partial charge is 0.467 e. The molecule has 1 fully saturated rings. The van der Waals surface area contributed by atoms with Gasteiger partial charge in [0.05, 0.1) is 6.04 Å². The second-order valence-electron chi connectivity index (χ2n) is 5.57. The number of rotatable bonds is 0. The van der Waals surface area contributed by atoms with Crippen LogP contribution in [0.15, 0.2) is 12.1 Å². The summed E-state index contributed by atoms with van der Waals surface area (Å²) in [6.07, 6.45) is 0. The maximum Gasteiger partial charge on any atom is 0.186 e. The summed E-state index contributed by atoms with van der Waals surface area (Å²) in [5, 5.41) is 4.86. The van der Waals surface area contributed by atoms with Crippen LogP contribution < -0.4 is 10.1 Å². The van der Waals surface area contributed by atoms with Gasteiger partial charge < -0.3 is 15.0 Å². The Bertz CT molecular complexity index is 577. The first-order chi connectivity index (χ1) is 8.84. The molecule has 0 spiro atoms. The van der Waals surface area contributed by atoms with E-state index in [1.54, 1.807) is 0 Å². The molecular formula is C14H17ClN2OS. The molecule has 3 atom stereocenters. The summed E-state index contributed by atoms with van der Waals surface area (Å²) in [6.45, 7) is 6.29. The van der Waals surface area contributed by atoms with Gasteiger partial charge in [0, 0.05) is 23.6 Å². The highest BCUT2D eigenvalue weighted by molar-refractivity contribution is 7.80. The normalized spacial score (nSPS) is 32.5. The van der Waals surface area contributed by atoms with Crippen LogP contribution in [0.5, 0.6) is 5.75 Å². The molecule has 0 amide bonds. The molecule has 3 rings (SSSR count). The van der Waals surface area contributed by atoms with E-state index >= 15 is 0 Å². The molecule has 2 aliphatic heterocycles. The number of halogens is 1. The molecule has 3 nitrogen and oxygen atoms in total. The van der Waals surface area contributed by atoms with Gasteiger partial charge in [0.25, 0.3) is 0 Å². The Morgan fingerprint density at radius 3 is 2.84 bits per heavy atom. The highest BCUT2D eigenvalue weighted by Gasteiger charge is 2.52. The van der Waals surface area contributed by atoms with Gasteiger partial charge in [0.2, 0.25) is 0 Å². The molecule has 0 saturated carbocycles. The Morgan fingerprint density at radius 1 is 1.47 bits per heavy atom. The van der Waals surface area contributed by atoms with Gasteiger partial charge in [-0.15, -0.1) is 0 Å². The zero-order chi connectivity index (χ0) is 13.9. The summed E-state index contributed by atoms with van der Waals surface area (Å²) < 4.78 is 6.31. The van der Waals surface area contributed by atoms with Crippen LogP contribution in [0.3, 0.4) is 0 Å². The zero-order valence-corrected chi connectivity index (χ0v) is 13.0. The number of nitrogens with one attached hydrogen (secondary N) is 1. The van der Waals surface area contributed by atoms with Gasteiger partial charge in [0.1, 0.15) is 5.75 Å². The summed E-state index contributed by atoms with van der Waals surface area (Å²) in [5.41, 5.74) is 1.75. The molecule has 3 unspecified atom stereocenters. The van der Waals surface area contributed by atoms with Crippen molar-refractivity contribution in [1.82, 2.24) is 10.2 Å². The van der Waals surface area contributed by atoms with E-state index in [2.05, 4.69) is 19.2 Å². The van der Waals surface area contributed by atoms with Gasteiger partial charge in [0.15, 0.2) is 10.8 Å². The predicted octanol–water partition coefficient (Wildman–Crippen LogP) is 3.25. The lowest BCUT2D eigenvalue weighted by Gasteiger charge is -2.55. The van der Waals surface area contributed by atoms with Crippen molar-refractivity contribution in [2.75, 3.05) is 7.05 Å². The summed E-state index contributed by atoms with van der Waals surface area (Å²) in [4.78, 5) is 2.00. The van der Waals surface area contributed by atoms with Gasteiger partial charge in [-0.3, -0.25) is 0 Å². The molecule has 1 N–H and O–H groups in total. The molecule has 19 heavy (non-hydrogen) atoms. The highest BCUT2D eigenvalue weighted by Crippen LogP contribution is 2.49. The standard InChI is InChI=1S/C14H17ClN2OS/c1-7-5-9(15)6-10-11-8(2)14(3,18-12(7)10)17(4)13(19)16-11/h5-6,8,11H,1-4H3,(H,16,19). The van der Waals surface area contributed by atoms with Crippen LogP contribution in [0, 0.1) is 12.8 Å². The first-order valence-electron chi connectivity index (χ1n) is 6.38. The van der Waals surface area contributed by atoms with E-state index in [0.29, 0.717) is 5.11 Å². The Morgan fingerprint density at radius 2 is 2.16 bits per heavy atom. The second-order valence-corrected chi connectivity index (χ2v) is 6.40. The number of nitrogens with zero attached hydrogens (tertiary/aromatic N) is 1. The molecule has 0 radical (unpaired) electrons. The summed E-state index contributed by atoms with van der Waals surface area (Å²) in [5.74, 6) is 1.20. The van der Waals surface area contributed by atoms with Crippen LogP contribution in [0.25, 0.3) is 0 Å². The van der Waals surface area contributed by atoms with Crippen molar-refractivity contribution >= 4 is 28.9 Å². The van der Waals surface area contributed by atoms with Crippen LogP contribution >= 0.6 is 23.8 Å². The smallest absolute Gasteiger partial charge is 0.186 e. The average Bonchev–Trinajstić information content (AvgIpc) is 2.34. The molecule has 0 aliphatic carbocycles. The van der Waals surface area contributed by atoms with E-state index in [0.717, 1.165) is 21.9 Å². The fourth-order valence-corrected chi connectivity index (χ4v) is 3.60. The fourth-order valence-electron chi connectivity index (χ4n) is 3.01. The van der Waals surface area contributed by atoms with Crippen molar-refractivity contribution in [2.45, 2.75) is 32.5 Å². The van der Waals surface area contributed by atoms with Crippen molar-refractivity contribution in [3.8, 4) is 5.75 Å². The first-order valence-corrected chi connectivity index (χ1v) is 7.16. The molecule has 1 aromatic carbocycles. The molecule has 2 heterocycles. The number of thiocarbonyl (C=S) groups is 1. The highest BCUT2D eigenvalue weighted by atomic mass is 35.5. The number of benzene rings is 1. The monoisotopic (exact) mass is 296 g/mol. The topological polar surface area (TPSA) is 24.5 Å². The third-order valence-electron chi connectivity index (χ3n) is 4.51. The van der Waals surface area contributed by atoms with Crippen LogP contribution in [-0.4, -0.2) is 22.8 Å². The Hall–Kier alpha value is -1.00. The number of hydrogen-bond acceptors (Lipinski definition) is 2. The summed E-state index contributed by atoms with van der Waals surface area (Å²) in [6, 6.07) is 4.06. The third-order valence-corrected chi connectivity index (χ3v) is 5.12. The Balaban J connectivity index is 2.22. The zero-order valence-electron chi connectivity index (χ0n) is 11.5. The number of fused-ring (bicyclic) bond motifs is 4. The van der Waals surface area contributed by atoms with Crippen molar-refractivity contribution in [3.63, 3.8) is 0 Å². The van der Waals surface area contributed by atoms with Gasteiger partial charge in [-0.05, 0) is 43.8 Å². The van der Waals surface area contributed by atoms with E-state index in [1.165, 1.54) is 0 Å². The SMILES string of the molecule is Cc1cc(Cl)cc2c1OC1(C)C(C)C2NC(=S)N1C. The molecule has 1 aromatic rings. The molecule has 2 aliphatic rings. The molecule has 2 bridgehead atoms. The van der Waals surface area contributed by atoms with E-state index in [1.807, 2.05) is 31.0 Å². The first kappa shape index (κ1) is 13.0. The maximum atomic E-state index is 6.31. The number of hydrogen-bond donors (Lipinski definition) is 1. The van der Waals surface area contributed by atoms with Crippen molar-refractivity contribution < 1.29 is 4.74 Å². The van der Waals surface area contributed by atoms with Crippen molar-refractivity contribution in [2.24, 2.45) is 5.92 Å². The minimum Gasteiger partial charge on any atom is -0.467 e. The van der Waals surface area contributed by atoms with Gasteiger partial charge in [-0.2, -0.15) is 0 Å². The molecule has 5 heteroatoms. The third kappa shape index (κ3) is 1.66. The second kappa shape index (κ2) is 4.00. The average molecular weight is 297 g/mol. The van der Waals surface area contributed by atoms with E-state index in [4.69, 9.17) is 28.6 Å². The van der Waals surface area contributed by atoms with Gasteiger partial charge in [-0.1, -0.05) is 18.5 Å². The Labute approximate surface area is 123 Å². The Kier molecular flexibility index (Phi) is 2.74. The van der Waals surface area contributed by atoms with E-state index in [-0.39, 0.29) is 12.0 Å². The lowest BCUT2D eigenvalue weighted by Crippen LogP contribution is -2.67. The van der Waals surface area contributed by atoms with Crippen LogP contribution in [0.1, 0.15) is 31.0 Å². The van der Waals surface area contributed by atoms with Crippen LogP contribution in [0.4, 0.5) is 0 Å². The minimum atomic E-state index is -0.418. The summed E-state index contributed by atoms with van der Waals surface area (Å²) >= 11 is 11.6. The lowest BCUT2D eigenvalue weighted by atomic mass is 9.80. The molecule has 102 valence electrons. The predicted molar refractivity (Wildman–Crippen MR) is 80.6 cm³/mol.